The second-order valence-corrected chi connectivity index (χ2v) is 14.0. The van der Waals surface area contributed by atoms with Gasteiger partial charge in [0.2, 0.25) is 0 Å². The number of anilines is 3. The van der Waals surface area contributed by atoms with Gasteiger partial charge in [-0.05, 0) is 103 Å². The maximum atomic E-state index is 6.70. The Hall–Kier alpha value is -7.16. The van der Waals surface area contributed by atoms with E-state index in [2.05, 4.69) is 199 Å². The highest BCUT2D eigenvalue weighted by Gasteiger charge is 2.25. The van der Waals surface area contributed by atoms with Crippen molar-refractivity contribution in [3.63, 3.8) is 0 Å². The van der Waals surface area contributed by atoms with Crippen LogP contribution in [0.5, 0.6) is 0 Å². The molecule has 0 amide bonds. The summed E-state index contributed by atoms with van der Waals surface area (Å²) >= 11 is 0. The van der Waals surface area contributed by atoms with Crippen LogP contribution in [0.4, 0.5) is 17.1 Å². The summed E-state index contributed by atoms with van der Waals surface area (Å²) in [7, 11) is 0. The summed E-state index contributed by atoms with van der Waals surface area (Å²) in [6, 6.07) is 72.3. The molecule has 11 rings (SSSR count). The SMILES string of the molecule is c1ccc2c(c1)-c1ccccc1-c1ccc(N(c3ccc(-c4cccc5ccccc45)cc3)c3cccc4c3oc3ccccc34)cc1-c1ccccc1-2. The minimum Gasteiger partial charge on any atom is -0.454 e. The number of rotatable bonds is 4. The van der Waals surface area contributed by atoms with Gasteiger partial charge in [0.25, 0.3) is 0 Å². The van der Waals surface area contributed by atoms with Crippen LogP contribution in [-0.4, -0.2) is 0 Å². The number of hydrogen-bond acceptors (Lipinski definition) is 2. The first kappa shape index (κ1) is 30.5. The van der Waals surface area contributed by atoms with Gasteiger partial charge in [-0.2, -0.15) is 0 Å². The average Bonchev–Trinajstić information content (AvgIpc) is 3.63. The maximum Gasteiger partial charge on any atom is 0.159 e. The van der Waals surface area contributed by atoms with Gasteiger partial charge >= 0.3 is 0 Å². The standard InChI is InChI=1S/C52H33NO/c1-2-15-38-34(13-1)14-11-23-39(38)35-27-29-36(30-28-35)53(50-25-12-24-48-47-22-9-10-26-51(47)54-52(48)50)37-31-32-46-44-20-6-5-18-42(44)40-16-3-4-17-41(40)43-19-7-8-21-45(43)49(46)33-37/h1-33H. The average molecular weight is 688 g/mol. The minimum atomic E-state index is 0.864. The first-order valence-corrected chi connectivity index (χ1v) is 18.5. The molecule has 0 saturated heterocycles. The smallest absolute Gasteiger partial charge is 0.159 e. The zero-order valence-corrected chi connectivity index (χ0v) is 29.4. The van der Waals surface area contributed by atoms with Crippen LogP contribution in [0.15, 0.2) is 205 Å². The lowest BCUT2D eigenvalue weighted by Gasteiger charge is -2.28. The van der Waals surface area contributed by atoms with Crippen LogP contribution in [-0.2, 0) is 0 Å². The van der Waals surface area contributed by atoms with Crippen LogP contribution < -0.4 is 4.90 Å². The second kappa shape index (κ2) is 12.2. The Balaban J connectivity index is 1.16. The highest BCUT2D eigenvalue weighted by atomic mass is 16.3. The van der Waals surface area contributed by atoms with E-state index in [1.165, 1.54) is 66.4 Å². The van der Waals surface area contributed by atoms with Crippen molar-refractivity contribution in [2.75, 3.05) is 4.90 Å². The predicted octanol–water partition coefficient (Wildman–Crippen LogP) is 14.9. The first-order chi connectivity index (χ1) is 26.8. The molecule has 1 aliphatic carbocycles. The highest BCUT2D eigenvalue weighted by Crippen LogP contribution is 2.50. The summed E-state index contributed by atoms with van der Waals surface area (Å²) in [5.74, 6) is 0. The zero-order chi connectivity index (χ0) is 35.6. The van der Waals surface area contributed by atoms with Gasteiger partial charge in [0.1, 0.15) is 5.58 Å². The van der Waals surface area contributed by atoms with Gasteiger partial charge in [-0.1, -0.05) is 164 Å². The Kier molecular flexibility index (Phi) is 6.90. The van der Waals surface area contributed by atoms with Gasteiger partial charge < -0.3 is 9.32 Å². The summed E-state index contributed by atoms with van der Waals surface area (Å²) < 4.78 is 6.70. The number of hydrogen-bond donors (Lipinski definition) is 0. The molecule has 0 saturated carbocycles. The van der Waals surface area contributed by atoms with E-state index in [9.17, 15) is 0 Å². The van der Waals surface area contributed by atoms with Crippen LogP contribution in [0.3, 0.4) is 0 Å². The Morgan fingerprint density at radius 3 is 1.48 bits per heavy atom. The zero-order valence-electron chi connectivity index (χ0n) is 29.4. The number of benzene rings is 9. The second-order valence-electron chi connectivity index (χ2n) is 14.0. The van der Waals surface area contributed by atoms with Gasteiger partial charge in [-0.25, -0.2) is 0 Å². The lowest BCUT2D eigenvalue weighted by molar-refractivity contribution is 0.669. The van der Waals surface area contributed by atoms with E-state index in [0.717, 1.165) is 39.0 Å². The first-order valence-electron chi connectivity index (χ1n) is 18.5. The number of nitrogens with zero attached hydrogens (tertiary/aromatic N) is 1. The van der Waals surface area contributed by atoms with Crippen LogP contribution in [0, 0.1) is 0 Å². The molecule has 252 valence electrons. The predicted molar refractivity (Wildman–Crippen MR) is 227 cm³/mol. The van der Waals surface area contributed by atoms with E-state index < -0.39 is 0 Å². The third-order valence-corrected chi connectivity index (χ3v) is 11.1. The van der Waals surface area contributed by atoms with Crippen molar-refractivity contribution < 1.29 is 4.42 Å². The molecule has 1 heterocycles. The molecule has 1 aromatic heterocycles. The maximum absolute atomic E-state index is 6.70. The molecule has 0 radical (unpaired) electrons. The van der Waals surface area contributed by atoms with E-state index in [0.29, 0.717) is 0 Å². The molecule has 0 bridgehead atoms. The van der Waals surface area contributed by atoms with E-state index in [-0.39, 0.29) is 0 Å². The summed E-state index contributed by atoms with van der Waals surface area (Å²) in [5, 5.41) is 4.70. The van der Waals surface area contributed by atoms with Crippen LogP contribution in [0.1, 0.15) is 0 Å². The fourth-order valence-corrected chi connectivity index (χ4v) is 8.59. The van der Waals surface area contributed by atoms with Gasteiger partial charge in [0, 0.05) is 22.1 Å². The molecule has 0 spiro atoms. The van der Waals surface area contributed by atoms with Crippen LogP contribution in [0.2, 0.25) is 0 Å². The lowest BCUT2D eigenvalue weighted by atomic mass is 9.81. The number of fused-ring (bicyclic) bond motifs is 12. The van der Waals surface area contributed by atoms with Crippen molar-refractivity contribution in [2.24, 2.45) is 0 Å². The largest absolute Gasteiger partial charge is 0.454 e. The molecule has 9 aromatic carbocycles. The van der Waals surface area contributed by atoms with Crippen molar-refractivity contribution >= 4 is 49.8 Å². The monoisotopic (exact) mass is 687 g/mol. The number of furan rings is 1. The topological polar surface area (TPSA) is 16.4 Å². The molecule has 0 atom stereocenters. The molecule has 0 fully saturated rings. The summed E-state index contributed by atoms with van der Waals surface area (Å²) in [4.78, 5) is 2.36. The molecule has 10 aromatic rings. The van der Waals surface area contributed by atoms with E-state index in [1.807, 2.05) is 6.07 Å². The fraction of sp³-hybridized carbons (Fsp3) is 0. The molecule has 2 nitrogen and oxygen atoms in total. The van der Waals surface area contributed by atoms with Gasteiger partial charge in [0.05, 0.1) is 5.69 Å². The lowest BCUT2D eigenvalue weighted by Crippen LogP contribution is -2.11. The quantitative estimate of drug-likeness (QED) is 0.183. The van der Waals surface area contributed by atoms with Crippen LogP contribution >= 0.6 is 0 Å². The summed E-state index contributed by atoms with van der Waals surface area (Å²) in [6.07, 6.45) is 0. The Morgan fingerprint density at radius 1 is 0.315 bits per heavy atom. The molecular formula is C52H33NO. The molecule has 0 N–H and O–H groups in total. The van der Waals surface area contributed by atoms with Gasteiger partial charge in [-0.15, -0.1) is 0 Å². The van der Waals surface area contributed by atoms with Crippen molar-refractivity contribution in [1.82, 2.24) is 0 Å². The van der Waals surface area contributed by atoms with Crippen molar-refractivity contribution in [2.45, 2.75) is 0 Å². The third kappa shape index (κ3) is 4.74. The van der Waals surface area contributed by atoms with Crippen LogP contribution in [0.25, 0.3) is 88.3 Å². The Morgan fingerprint density at radius 2 is 0.796 bits per heavy atom. The van der Waals surface area contributed by atoms with Gasteiger partial charge in [0.15, 0.2) is 5.58 Å². The molecule has 0 unspecified atom stereocenters. The summed E-state index contributed by atoms with van der Waals surface area (Å²) in [5.41, 5.74) is 17.1. The highest BCUT2D eigenvalue weighted by molar-refractivity contribution is 6.11. The summed E-state index contributed by atoms with van der Waals surface area (Å²) in [6.45, 7) is 0. The molecule has 1 aliphatic rings. The molecule has 54 heavy (non-hydrogen) atoms. The van der Waals surface area contributed by atoms with Gasteiger partial charge in [-0.3, -0.25) is 0 Å². The third-order valence-electron chi connectivity index (χ3n) is 11.1. The Bertz CT molecular complexity index is 3050. The normalized spacial score (nSPS) is 11.7. The Labute approximate surface area is 313 Å². The number of para-hydroxylation sites is 2. The van der Waals surface area contributed by atoms with Crippen molar-refractivity contribution in [3.8, 4) is 55.6 Å². The van der Waals surface area contributed by atoms with E-state index >= 15 is 0 Å². The van der Waals surface area contributed by atoms with Crippen molar-refractivity contribution in [1.29, 1.82) is 0 Å². The molecule has 0 aliphatic heterocycles. The molecule has 2 heteroatoms. The van der Waals surface area contributed by atoms with Crippen molar-refractivity contribution in [3.05, 3.63) is 200 Å². The van der Waals surface area contributed by atoms with E-state index in [4.69, 9.17) is 4.42 Å². The minimum absolute atomic E-state index is 0.864. The molecular weight excluding hydrogens is 655 g/mol. The van der Waals surface area contributed by atoms with E-state index in [1.54, 1.807) is 0 Å². The fourth-order valence-electron chi connectivity index (χ4n) is 8.59.